The van der Waals surface area contributed by atoms with Crippen LogP contribution in [-0.4, -0.2) is 24.5 Å². The summed E-state index contributed by atoms with van der Waals surface area (Å²) >= 11 is 1.74. The largest absolute Gasteiger partial charge is 0.356 e. The molecular formula is C21H25IN4S. The molecule has 0 fully saturated rings. The minimum absolute atomic E-state index is 0. The fourth-order valence-corrected chi connectivity index (χ4v) is 3.49. The number of hydrogen-bond donors (Lipinski definition) is 2. The van der Waals surface area contributed by atoms with E-state index in [1.54, 1.807) is 18.4 Å². The molecule has 0 aliphatic heterocycles. The Bertz CT molecular complexity index is 834. The van der Waals surface area contributed by atoms with Crippen LogP contribution in [0.3, 0.4) is 0 Å². The van der Waals surface area contributed by atoms with Crippen LogP contribution in [-0.2, 0) is 6.54 Å². The van der Waals surface area contributed by atoms with Gasteiger partial charge < -0.3 is 10.6 Å². The number of benzene rings is 1. The maximum atomic E-state index is 4.42. The lowest BCUT2D eigenvalue weighted by Crippen LogP contribution is -2.38. The van der Waals surface area contributed by atoms with Gasteiger partial charge in [-0.25, -0.2) is 0 Å². The van der Waals surface area contributed by atoms with E-state index in [2.05, 4.69) is 68.6 Å². The topological polar surface area (TPSA) is 49.3 Å². The zero-order valence-electron chi connectivity index (χ0n) is 15.6. The summed E-state index contributed by atoms with van der Waals surface area (Å²) in [6.07, 6.45) is 1.82. The lowest BCUT2D eigenvalue weighted by molar-refractivity contribution is 0.701. The summed E-state index contributed by atoms with van der Waals surface area (Å²) in [5.41, 5.74) is 4.67. The number of pyridine rings is 1. The van der Waals surface area contributed by atoms with Gasteiger partial charge in [-0.1, -0.05) is 31.2 Å². The predicted octanol–water partition coefficient (Wildman–Crippen LogP) is 4.90. The molecule has 2 heterocycles. The van der Waals surface area contributed by atoms with Gasteiger partial charge in [0.15, 0.2) is 5.96 Å². The quantitative estimate of drug-likeness (QED) is 0.293. The van der Waals surface area contributed by atoms with Gasteiger partial charge in [0.25, 0.3) is 0 Å². The molecule has 1 unspecified atom stereocenters. The van der Waals surface area contributed by atoms with Crippen LogP contribution in [0, 0.1) is 0 Å². The lowest BCUT2D eigenvalue weighted by Gasteiger charge is -2.15. The number of guanidine groups is 1. The Labute approximate surface area is 182 Å². The summed E-state index contributed by atoms with van der Waals surface area (Å²) in [5, 5.41) is 11.1. The first-order valence-electron chi connectivity index (χ1n) is 8.73. The fraction of sp³-hybridized carbons (Fsp3) is 0.238. The van der Waals surface area contributed by atoms with Crippen molar-refractivity contribution < 1.29 is 0 Å². The zero-order chi connectivity index (χ0) is 18.2. The number of nitrogens with one attached hydrogen (secondary N) is 2. The third-order valence-corrected chi connectivity index (χ3v) is 4.96. The van der Waals surface area contributed by atoms with E-state index in [0.29, 0.717) is 12.5 Å². The molecule has 0 spiro atoms. The Hall–Kier alpha value is -1.93. The van der Waals surface area contributed by atoms with E-state index in [9.17, 15) is 0 Å². The van der Waals surface area contributed by atoms with Crippen molar-refractivity contribution in [2.75, 3.05) is 13.6 Å². The van der Waals surface area contributed by atoms with Crippen LogP contribution in [0.25, 0.3) is 11.3 Å². The first kappa shape index (κ1) is 21.4. The summed E-state index contributed by atoms with van der Waals surface area (Å²) < 4.78 is 0. The lowest BCUT2D eigenvalue weighted by atomic mass is 10.1. The van der Waals surface area contributed by atoms with Crippen LogP contribution in [0.1, 0.15) is 24.0 Å². The minimum atomic E-state index is 0. The van der Waals surface area contributed by atoms with Crippen molar-refractivity contribution in [1.82, 2.24) is 15.6 Å². The Kier molecular flexibility index (Phi) is 8.74. The number of halogens is 1. The van der Waals surface area contributed by atoms with Gasteiger partial charge in [-0.3, -0.25) is 9.98 Å². The van der Waals surface area contributed by atoms with Crippen molar-refractivity contribution in [3.8, 4) is 11.3 Å². The number of aromatic nitrogens is 1. The highest BCUT2D eigenvalue weighted by Crippen LogP contribution is 2.18. The standard InChI is InChI=1S/C21H24N4S.HI/c1-16(19-9-11-26-15-19)13-24-21(22-2)25-14-17-6-5-7-18(12-17)20-8-3-4-10-23-20;/h3-12,15-16H,13-14H2,1-2H3,(H2,22,24,25);1H. The fourth-order valence-electron chi connectivity index (χ4n) is 2.70. The maximum Gasteiger partial charge on any atom is 0.191 e. The van der Waals surface area contributed by atoms with Gasteiger partial charge in [-0.2, -0.15) is 11.3 Å². The molecule has 0 radical (unpaired) electrons. The number of hydrogen-bond acceptors (Lipinski definition) is 3. The van der Waals surface area contributed by atoms with Crippen molar-refractivity contribution in [3.05, 3.63) is 76.6 Å². The Morgan fingerprint density at radius 2 is 2.04 bits per heavy atom. The van der Waals surface area contributed by atoms with Gasteiger partial charge in [0.1, 0.15) is 0 Å². The van der Waals surface area contributed by atoms with Gasteiger partial charge in [0.05, 0.1) is 5.69 Å². The molecule has 4 nitrogen and oxygen atoms in total. The highest BCUT2D eigenvalue weighted by atomic mass is 127. The van der Waals surface area contributed by atoms with Crippen molar-refractivity contribution in [2.24, 2.45) is 4.99 Å². The first-order chi connectivity index (χ1) is 12.8. The minimum Gasteiger partial charge on any atom is -0.356 e. The third-order valence-electron chi connectivity index (χ3n) is 4.26. The van der Waals surface area contributed by atoms with E-state index in [-0.39, 0.29) is 24.0 Å². The molecule has 0 amide bonds. The van der Waals surface area contributed by atoms with Crippen LogP contribution in [0.5, 0.6) is 0 Å². The highest BCUT2D eigenvalue weighted by molar-refractivity contribution is 14.0. The van der Waals surface area contributed by atoms with E-state index >= 15 is 0 Å². The van der Waals surface area contributed by atoms with Crippen LogP contribution in [0.15, 0.2) is 70.5 Å². The van der Waals surface area contributed by atoms with E-state index < -0.39 is 0 Å². The smallest absolute Gasteiger partial charge is 0.191 e. The van der Waals surface area contributed by atoms with Gasteiger partial charge in [-0.05, 0) is 52.1 Å². The first-order valence-corrected chi connectivity index (χ1v) is 9.67. The second-order valence-electron chi connectivity index (χ2n) is 6.18. The summed E-state index contributed by atoms with van der Waals surface area (Å²) in [6, 6.07) is 16.6. The predicted molar refractivity (Wildman–Crippen MR) is 126 cm³/mol. The molecule has 3 rings (SSSR count). The van der Waals surface area contributed by atoms with Crippen molar-refractivity contribution in [2.45, 2.75) is 19.4 Å². The van der Waals surface area contributed by atoms with Crippen LogP contribution in [0.2, 0.25) is 0 Å². The number of aliphatic imine (C=N–C) groups is 1. The molecule has 6 heteroatoms. The summed E-state index contributed by atoms with van der Waals surface area (Å²) in [5.74, 6) is 1.27. The van der Waals surface area contributed by atoms with Gasteiger partial charge in [0.2, 0.25) is 0 Å². The normalized spacial score (nSPS) is 12.1. The Morgan fingerprint density at radius 1 is 1.15 bits per heavy atom. The number of nitrogens with zero attached hydrogens (tertiary/aromatic N) is 2. The Balaban J connectivity index is 0.00000261. The number of rotatable bonds is 6. The molecule has 27 heavy (non-hydrogen) atoms. The van der Waals surface area contributed by atoms with Crippen LogP contribution in [0.4, 0.5) is 0 Å². The van der Waals surface area contributed by atoms with E-state index in [4.69, 9.17) is 0 Å². The van der Waals surface area contributed by atoms with Crippen LogP contribution < -0.4 is 10.6 Å². The summed E-state index contributed by atoms with van der Waals surface area (Å²) in [6.45, 7) is 3.79. The van der Waals surface area contributed by atoms with E-state index in [1.807, 2.05) is 24.4 Å². The van der Waals surface area contributed by atoms with Crippen molar-refractivity contribution in [3.63, 3.8) is 0 Å². The van der Waals surface area contributed by atoms with Crippen LogP contribution >= 0.6 is 35.3 Å². The van der Waals surface area contributed by atoms with Crippen molar-refractivity contribution >= 4 is 41.3 Å². The number of thiophene rings is 1. The SMILES string of the molecule is CN=C(NCc1cccc(-c2ccccn2)c1)NCC(C)c1ccsc1.I. The van der Waals surface area contributed by atoms with Gasteiger partial charge >= 0.3 is 0 Å². The molecule has 0 bridgehead atoms. The second-order valence-corrected chi connectivity index (χ2v) is 6.96. The second kappa shape index (κ2) is 11.0. The molecule has 142 valence electrons. The third kappa shape index (κ3) is 6.32. The van der Waals surface area contributed by atoms with E-state index in [1.165, 1.54) is 11.1 Å². The van der Waals surface area contributed by atoms with Gasteiger partial charge in [-0.15, -0.1) is 24.0 Å². The highest BCUT2D eigenvalue weighted by Gasteiger charge is 2.07. The molecule has 2 N–H and O–H groups in total. The molecule has 0 aliphatic rings. The van der Waals surface area contributed by atoms with Crippen molar-refractivity contribution in [1.29, 1.82) is 0 Å². The molecule has 0 aliphatic carbocycles. The average Bonchev–Trinajstić information content (AvgIpc) is 3.24. The monoisotopic (exact) mass is 492 g/mol. The molecule has 3 aromatic rings. The molecule has 2 aromatic heterocycles. The Morgan fingerprint density at radius 3 is 2.74 bits per heavy atom. The molecule has 1 atom stereocenters. The average molecular weight is 492 g/mol. The molecule has 0 saturated carbocycles. The van der Waals surface area contributed by atoms with Gasteiger partial charge in [0, 0.05) is 31.9 Å². The molecule has 1 aromatic carbocycles. The molecular weight excluding hydrogens is 467 g/mol. The molecule has 0 saturated heterocycles. The maximum absolute atomic E-state index is 4.42. The van der Waals surface area contributed by atoms with E-state index in [0.717, 1.165) is 23.8 Å². The summed E-state index contributed by atoms with van der Waals surface area (Å²) in [4.78, 5) is 8.74. The summed E-state index contributed by atoms with van der Waals surface area (Å²) in [7, 11) is 1.80. The zero-order valence-corrected chi connectivity index (χ0v) is 18.7.